The van der Waals surface area contributed by atoms with Gasteiger partial charge in [0.05, 0.1) is 28.8 Å². The first kappa shape index (κ1) is 22.9. The first-order chi connectivity index (χ1) is 16.5. The zero-order valence-electron chi connectivity index (χ0n) is 18.5. The highest BCUT2D eigenvalue weighted by molar-refractivity contribution is 8.08. The highest BCUT2D eigenvalue weighted by Crippen LogP contribution is 2.46. The summed E-state index contributed by atoms with van der Waals surface area (Å²) in [5, 5.41) is 14.1. The summed E-state index contributed by atoms with van der Waals surface area (Å²) in [7, 11) is 1.99. The maximum absolute atomic E-state index is 13.4. The van der Waals surface area contributed by atoms with Gasteiger partial charge in [-0.05, 0) is 31.2 Å². The average molecular weight is 524 g/mol. The molecule has 34 heavy (non-hydrogen) atoms. The van der Waals surface area contributed by atoms with E-state index in [1.807, 2.05) is 72.6 Å². The summed E-state index contributed by atoms with van der Waals surface area (Å²) in [5.74, 6) is 0. The van der Waals surface area contributed by atoms with Gasteiger partial charge in [-0.2, -0.15) is 9.83 Å². The number of nitrogens with zero attached hydrogens (tertiary/aromatic N) is 4. The van der Waals surface area contributed by atoms with Crippen molar-refractivity contribution in [3.8, 4) is 6.07 Å². The molecule has 5 rings (SSSR count). The average Bonchev–Trinajstić information content (AvgIpc) is 3.50. The van der Waals surface area contributed by atoms with Crippen molar-refractivity contribution in [1.29, 1.82) is 5.26 Å². The van der Waals surface area contributed by atoms with E-state index in [1.165, 1.54) is 11.3 Å². The molecule has 3 heterocycles. The molecule has 170 valence electrons. The number of thioether (sulfide) groups is 1. The molecule has 0 N–H and O–H groups in total. The van der Waals surface area contributed by atoms with E-state index in [0.717, 1.165) is 35.4 Å². The molecule has 0 aliphatic carbocycles. The van der Waals surface area contributed by atoms with Crippen LogP contribution in [0.1, 0.15) is 23.1 Å². The zero-order valence-corrected chi connectivity index (χ0v) is 21.7. The predicted molar refractivity (Wildman–Crippen MR) is 141 cm³/mol. The molecule has 4 aromatic rings. The van der Waals surface area contributed by atoms with Crippen LogP contribution in [0.15, 0.2) is 63.7 Å². The molecular weight excluding hydrogens is 504 g/mol. The van der Waals surface area contributed by atoms with Gasteiger partial charge in [0, 0.05) is 29.1 Å². The van der Waals surface area contributed by atoms with Gasteiger partial charge in [-0.3, -0.25) is 9.36 Å². The largest absolute Gasteiger partial charge is 0.337 e. The molecule has 1 aliphatic rings. The Bertz CT molecular complexity index is 1630. The summed E-state index contributed by atoms with van der Waals surface area (Å²) in [6.45, 7) is 3.18. The maximum atomic E-state index is 13.4. The molecular formula is C25H20ClN4OS3+. The number of hydrogen-bond acceptors (Lipinski definition) is 6. The van der Waals surface area contributed by atoms with Gasteiger partial charge < -0.3 is 4.90 Å². The maximum Gasteiger partial charge on any atom is 0.271 e. The lowest BCUT2D eigenvalue weighted by Gasteiger charge is -2.12. The molecule has 0 saturated carbocycles. The lowest BCUT2D eigenvalue weighted by molar-refractivity contribution is -0.685. The van der Waals surface area contributed by atoms with Crippen molar-refractivity contribution in [3.05, 3.63) is 94.7 Å². The van der Waals surface area contributed by atoms with Crippen molar-refractivity contribution in [1.82, 2.24) is 4.57 Å². The number of thiazole rings is 2. The molecule has 5 nitrogen and oxygen atoms in total. The van der Waals surface area contributed by atoms with Crippen LogP contribution < -0.4 is 24.2 Å². The molecule has 9 heteroatoms. The molecule has 0 radical (unpaired) electrons. The van der Waals surface area contributed by atoms with Gasteiger partial charge in [0.2, 0.25) is 0 Å². The second-order valence-corrected chi connectivity index (χ2v) is 11.1. The molecule has 1 aliphatic heterocycles. The van der Waals surface area contributed by atoms with Crippen molar-refractivity contribution in [3.63, 3.8) is 0 Å². The SMILES string of the molecule is CCn1c(=Cc2scc[n+]2Cc2ccccc2C#N)sc(=C2Sc3cc(Cl)ccc3N2C)c1=O. The fraction of sp³-hybridized carbons (Fsp3) is 0.160. The molecule has 2 aromatic carbocycles. The number of hydrogen-bond donors (Lipinski definition) is 0. The van der Waals surface area contributed by atoms with E-state index in [-0.39, 0.29) is 5.56 Å². The normalized spacial score (nSPS) is 15.0. The van der Waals surface area contributed by atoms with E-state index in [1.54, 1.807) is 23.1 Å². The quantitative estimate of drug-likeness (QED) is 0.380. The monoisotopic (exact) mass is 523 g/mol. The van der Waals surface area contributed by atoms with Crippen molar-refractivity contribution >= 4 is 62.8 Å². The van der Waals surface area contributed by atoms with E-state index >= 15 is 0 Å². The highest BCUT2D eigenvalue weighted by atomic mass is 35.5. The van der Waals surface area contributed by atoms with E-state index in [0.29, 0.717) is 23.7 Å². The van der Waals surface area contributed by atoms with Gasteiger partial charge in [-0.1, -0.05) is 52.9 Å². The van der Waals surface area contributed by atoms with E-state index in [4.69, 9.17) is 11.6 Å². The highest BCUT2D eigenvalue weighted by Gasteiger charge is 2.25. The Kier molecular flexibility index (Phi) is 6.36. The Morgan fingerprint density at radius 2 is 2.06 bits per heavy atom. The summed E-state index contributed by atoms with van der Waals surface area (Å²) in [5.41, 5.74) is 2.72. The molecule has 0 unspecified atom stereocenters. The number of anilines is 1. The second kappa shape index (κ2) is 9.43. The van der Waals surface area contributed by atoms with E-state index in [9.17, 15) is 10.1 Å². The first-order valence-electron chi connectivity index (χ1n) is 10.6. The van der Waals surface area contributed by atoms with Gasteiger partial charge in [0.1, 0.15) is 14.2 Å². The van der Waals surface area contributed by atoms with Gasteiger partial charge in [-0.15, -0.1) is 11.3 Å². The van der Waals surface area contributed by atoms with Crippen molar-refractivity contribution < 1.29 is 4.57 Å². The van der Waals surface area contributed by atoms with Crippen LogP contribution in [-0.2, 0) is 13.1 Å². The smallest absolute Gasteiger partial charge is 0.271 e. The van der Waals surface area contributed by atoms with Crippen LogP contribution in [0.5, 0.6) is 0 Å². The zero-order chi connectivity index (χ0) is 23.8. The fourth-order valence-electron chi connectivity index (χ4n) is 3.91. The van der Waals surface area contributed by atoms with Gasteiger partial charge in [-0.25, -0.2) is 0 Å². The molecule has 0 spiro atoms. The summed E-state index contributed by atoms with van der Waals surface area (Å²) in [4.78, 5) is 16.5. The number of benzene rings is 2. The summed E-state index contributed by atoms with van der Waals surface area (Å²) < 4.78 is 5.57. The van der Waals surface area contributed by atoms with Crippen LogP contribution in [0.4, 0.5) is 5.69 Å². The van der Waals surface area contributed by atoms with Crippen LogP contribution in [0, 0.1) is 11.3 Å². The molecule has 0 fully saturated rings. The molecule has 0 bridgehead atoms. The summed E-state index contributed by atoms with van der Waals surface area (Å²) in [6.07, 6.45) is 4.09. The Morgan fingerprint density at radius 3 is 2.85 bits per heavy atom. The number of nitriles is 1. The number of aromatic nitrogens is 2. The van der Waals surface area contributed by atoms with Crippen molar-refractivity contribution in [2.75, 3.05) is 11.9 Å². The van der Waals surface area contributed by atoms with Crippen molar-refractivity contribution in [2.45, 2.75) is 24.9 Å². The van der Waals surface area contributed by atoms with Crippen LogP contribution >= 0.6 is 46.0 Å². The standard InChI is InChI=1S/C25H20ClN4OS3/c1-3-30-22(13-21-29(10-11-32-21)15-17-7-5-4-6-16(17)14-27)34-23(24(30)31)25-28(2)19-9-8-18(26)12-20(19)33-25/h4-13H,3,15H2,1-2H3/q+1. The Labute approximate surface area is 214 Å². The topological polar surface area (TPSA) is 52.9 Å². The van der Waals surface area contributed by atoms with Crippen LogP contribution in [0.3, 0.4) is 0 Å². The molecule has 0 saturated heterocycles. The molecule has 2 aromatic heterocycles. The summed E-state index contributed by atoms with van der Waals surface area (Å²) in [6, 6.07) is 15.7. The van der Waals surface area contributed by atoms with E-state index in [2.05, 4.69) is 21.6 Å². The minimum atomic E-state index is 0.0185. The van der Waals surface area contributed by atoms with Crippen LogP contribution in [0.2, 0.25) is 5.02 Å². The lowest BCUT2D eigenvalue weighted by Crippen LogP contribution is -2.36. The fourth-order valence-corrected chi connectivity index (χ4v) is 7.51. The van der Waals surface area contributed by atoms with E-state index < -0.39 is 0 Å². The van der Waals surface area contributed by atoms with Gasteiger partial charge >= 0.3 is 0 Å². The minimum Gasteiger partial charge on any atom is -0.337 e. The Morgan fingerprint density at radius 1 is 1.24 bits per heavy atom. The van der Waals surface area contributed by atoms with Crippen LogP contribution in [-0.4, -0.2) is 11.6 Å². The predicted octanol–water partition coefficient (Wildman–Crippen LogP) is 3.99. The Hall–Kier alpha value is -2.83. The number of halogens is 1. The third-order valence-electron chi connectivity index (χ3n) is 5.66. The lowest BCUT2D eigenvalue weighted by atomic mass is 10.1. The minimum absolute atomic E-state index is 0.0185. The van der Waals surface area contributed by atoms with Crippen LogP contribution in [0.25, 0.3) is 11.1 Å². The molecule has 0 amide bonds. The summed E-state index contributed by atoms with van der Waals surface area (Å²) >= 11 is 10.9. The van der Waals surface area contributed by atoms with Gasteiger partial charge in [0.25, 0.3) is 10.6 Å². The molecule has 0 atom stereocenters. The van der Waals surface area contributed by atoms with Gasteiger partial charge in [0.15, 0.2) is 12.7 Å². The third-order valence-corrected chi connectivity index (χ3v) is 9.21. The number of fused-ring (bicyclic) bond motifs is 1. The number of rotatable bonds is 4. The second-order valence-electron chi connectivity index (χ2n) is 7.68. The van der Waals surface area contributed by atoms with Crippen molar-refractivity contribution in [2.24, 2.45) is 0 Å². The Balaban J connectivity index is 1.61. The third kappa shape index (κ3) is 4.10. The first-order valence-corrected chi connectivity index (χ1v) is 13.5.